The molecular weight excluding hydrogens is 439 g/mol. The maximum atomic E-state index is 14.5. The van der Waals surface area contributed by atoms with Crippen LogP contribution in [0.15, 0.2) is 70.6 Å². The van der Waals surface area contributed by atoms with E-state index in [2.05, 4.69) is 10.3 Å². The molecule has 4 rings (SSSR count). The second-order valence-electron chi connectivity index (χ2n) is 6.97. The van der Waals surface area contributed by atoms with Gasteiger partial charge < -0.3 is 5.32 Å². The van der Waals surface area contributed by atoms with Crippen molar-refractivity contribution in [3.63, 3.8) is 0 Å². The molecule has 9 heteroatoms. The third-order valence-electron chi connectivity index (χ3n) is 4.63. The van der Waals surface area contributed by atoms with Crippen molar-refractivity contribution in [2.45, 2.75) is 12.1 Å². The summed E-state index contributed by atoms with van der Waals surface area (Å²) in [4.78, 5) is 29.9. The molecule has 0 saturated heterocycles. The van der Waals surface area contributed by atoms with Gasteiger partial charge in [0.2, 0.25) is 5.91 Å². The molecule has 1 heterocycles. The lowest BCUT2D eigenvalue weighted by Gasteiger charge is -2.14. The highest BCUT2D eigenvalue weighted by Gasteiger charge is 2.18. The molecule has 1 N–H and O–H groups in total. The highest BCUT2D eigenvalue weighted by atomic mass is 32.2. The number of carbonyl (C=O) groups excluding carboxylic acids is 1. The Bertz CT molecular complexity index is 1410. The van der Waals surface area contributed by atoms with Gasteiger partial charge in [-0.1, -0.05) is 30.0 Å². The fourth-order valence-corrected chi connectivity index (χ4v) is 3.93. The maximum absolute atomic E-state index is 14.5. The van der Waals surface area contributed by atoms with Crippen LogP contribution in [0.5, 0.6) is 0 Å². The van der Waals surface area contributed by atoms with E-state index in [9.17, 15) is 22.8 Å². The molecule has 1 amide bonds. The molecule has 1 aromatic heterocycles. The molecule has 0 fully saturated rings. The minimum absolute atomic E-state index is 0.0228. The van der Waals surface area contributed by atoms with Gasteiger partial charge in [-0.15, -0.1) is 0 Å². The zero-order valence-electron chi connectivity index (χ0n) is 16.7. The fraction of sp³-hybridized carbons (Fsp3) is 0.0870. The Kier molecular flexibility index (Phi) is 6.00. The van der Waals surface area contributed by atoms with Crippen LogP contribution in [0.2, 0.25) is 0 Å². The molecule has 0 aliphatic rings. The smallest absolute Gasteiger partial charge is 0.266 e. The minimum atomic E-state index is -0.947. The number of nitrogens with zero attached hydrogens (tertiary/aromatic N) is 2. The van der Waals surface area contributed by atoms with Gasteiger partial charge >= 0.3 is 0 Å². The lowest BCUT2D eigenvalue weighted by Crippen LogP contribution is -2.24. The normalized spacial score (nSPS) is 11.0. The highest BCUT2D eigenvalue weighted by molar-refractivity contribution is 7.99. The van der Waals surface area contributed by atoms with Crippen molar-refractivity contribution in [2.75, 3.05) is 11.1 Å². The van der Waals surface area contributed by atoms with E-state index in [1.807, 2.05) is 0 Å². The summed E-state index contributed by atoms with van der Waals surface area (Å²) in [5, 5.41) is 2.75. The Morgan fingerprint density at radius 2 is 1.81 bits per heavy atom. The van der Waals surface area contributed by atoms with Crippen molar-refractivity contribution in [3.8, 4) is 5.69 Å². The quantitative estimate of drug-likeness (QED) is 0.346. The average molecular weight is 455 g/mol. The Labute approximate surface area is 184 Å². The fourth-order valence-electron chi connectivity index (χ4n) is 3.12. The number of hydrogen-bond donors (Lipinski definition) is 1. The Balaban J connectivity index is 1.69. The third kappa shape index (κ3) is 4.38. The van der Waals surface area contributed by atoms with Crippen LogP contribution in [-0.4, -0.2) is 21.2 Å². The molecular formula is C23H16F3N3O2S. The number of amides is 1. The predicted octanol–water partition coefficient (Wildman–Crippen LogP) is 4.84. The number of fused-ring (bicyclic) bond motifs is 1. The number of benzene rings is 3. The molecule has 0 aliphatic carbocycles. The Morgan fingerprint density at radius 3 is 2.56 bits per heavy atom. The van der Waals surface area contributed by atoms with Gasteiger partial charge in [0.1, 0.15) is 17.5 Å². The van der Waals surface area contributed by atoms with Crippen LogP contribution in [0.4, 0.5) is 18.9 Å². The summed E-state index contributed by atoms with van der Waals surface area (Å²) < 4.78 is 42.9. The van der Waals surface area contributed by atoms with Crippen molar-refractivity contribution in [1.29, 1.82) is 0 Å². The summed E-state index contributed by atoms with van der Waals surface area (Å²) in [5.41, 5.74) is 0.342. The van der Waals surface area contributed by atoms with Gasteiger partial charge in [0, 0.05) is 6.07 Å². The maximum Gasteiger partial charge on any atom is 0.266 e. The summed E-state index contributed by atoms with van der Waals surface area (Å²) in [6, 6.07) is 13.7. The predicted molar refractivity (Wildman–Crippen MR) is 118 cm³/mol. The van der Waals surface area contributed by atoms with E-state index < -0.39 is 28.9 Å². The molecule has 0 radical (unpaired) electrons. The number of anilines is 1. The largest absolute Gasteiger partial charge is 0.323 e. The standard InChI is InChI=1S/C23H16F3N3O2S/c1-13-6-8-19(16(25)10-13)27-21(30)12-32-23-28-18-5-3-2-4-15(18)22(31)29(23)20-9-7-14(24)11-17(20)26/h2-11H,12H2,1H3,(H,27,30). The summed E-state index contributed by atoms with van der Waals surface area (Å²) >= 11 is 0.877. The summed E-state index contributed by atoms with van der Waals surface area (Å²) in [7, 11) is 0. The van der Waals surface area contributed by atoms with Crippen LogP contribution in [-0.2, 0) is 4.79 Å². The summed E-state index contributed by atoms with van der Waals surface area (Å²) in [6.07, 6.45) is 0. The number of halogens is 3. The topological polar surface area (TPSA) is 64.0 Å². The number of hydrogen-bond acceptors (Lipinski definition) is 4. The van der Waals surface area contributed by atoms with Crippen LogP contribution < -0.4 is 10.9 Å². The third-order valence-corrected chi connectivity index (χ3v) is 5.57. The first-order chi connectivity index (χ1) is 15.3. The molecule has 0 spiro atoms. The number of aryl methyl sites for hydroxylation is 1. The first-order valence-electron chi connectivity index (χ1n) is 9.49. The van der Waals surface area contributed by atoms with E-state index in [1.54, 1.807) is 37.3 Å². The van der Waals surface area contributed by atoms with Crippen molar-refractivity contribution in [1.82, 2.24) is 9.55 Å². The second kappa shape index (κ2) is 8.88. The number of para-hydroxylation sites is 1. The number of thioether (sulfide) groups is 1. The molecule has 162 valence electrons. The van der Waals surface area contributed by atoms with Gasteiger partial charge in [-0.3, -0.25) is 14.2 Å². The molecule has 3 aromatic carbocycles. The van der Waals surface area contributed by atoms with E-state index in [1.165, 1.54) is 12.1 Å². The molecule has 32 heavy (non-hydrogen) atoms. The monoisotopic (exact) mass is 455 g/mol. The van der Waals surface area contributed by atoms with Gasteiger partial charge in [0.15, 0.2) is 5.16 Å². The molecule has 0 atom stereocenters. The molecule has 4 aromatic rings. The van der Waals surface area contributed by atoms with Gasteiger partial charge in [0.05, 0.1) is 28.0 Å². The first kappa shape index (κ1) is 21.6. The van der Waals surface area contributed by atoms with Gasteiger partial charge in [-0.25, -0.2) is 18.2 Å². The average Bonchev–Trinajstić information content (AvgIpc) is 2.75. The van der Waals surface area contributed by atoms with E-state index in [-0.39, 0.29) is 27.7 Å². The first-order valence-corrected chi connectivity index (χ1v) is 10.5. The van der Waals surface area contributed by atoms with E-state index in [0.29, 0.717) is 17.1 Å². The van der Waals surface area contributed by atoms with Gasteiger partial charge in [-0.2, -0.15) is 0 Å². The van der Waals surface area contributed by atoms with E-state index in [0.717, 1.165) is 28.5 Å². The molecule has 0 aliphatic heterocycles. The number of carbonyl (C=O) groups is 1. The van der Waals surface area contributed by atoms with E-state index >= 15 is 0 Å². The SMILES string of the molecule is Cc1ccc(NC(=O)CSc2nc3ccccc3c(=O)n2-c2ccc(F)cc2F)c(F)c1. The highest BCUT2D eigenvalue weighted by Crippen LogP contribution is 2.24. The Morgan fingerprint density at radius 1 is 1.03 bits per heavy atom. The summed E-state index contributed by atoms with van der Waals surface area (Å²) in [6.45, 7) is 1.73. The number of nitrogens with one attached hydrogen (secondary N) is 1. The lowest BCUT2D eigenvalue weighted by molar-refractivity contribution is -0.113. The van der Waals surface area contributed by atoms with Crippen molar-refractivity contribution in [2.24, 2.45) is 0 Å². The zero-order chi connectivity index (χ0) is 22.8. The molecule has 0 unspecified atom stereocenters. The van der Waals surface area contributed by atoms with Crippen LogP contribution in [0, 0.1) is 24.4 Å². The van der Waals surface area contributed by atoms with Crippen LogP contribution in [0.25, 0.3) is 16.6 Å². The molecule has 5 nitrogen and oxygen atoms in total. The lowest BCUT2D eigenvalue weighted by atomic mass is 10.2. The Hall–Kier alpha value is -3.59. The van der Waals surface area contributed by atoms with E-state index in [4.69, 9.17) is 0 Å². The van der Waals surface area contributed by atoms with Crippen LogP contribution in [0.3, 0.4) is 0 Å². The molecule has 0 bridgehead atoms. The van der Waals surface area contributed by atoms with Crippen molar-refractivity contribution >= 4 is 34.3 Å². The van der Waals surface area contributed by atoms with Crippen molar-refractivity contribution < 1.29 is 18.0 Å². The van der Waals surface area contributed by atoms with Crippen LogP contribution >= 0.6 is 11.8 Å². The number of rotatable bonds is 5. The van der Waals surface area contributed by atoms with Crippen LogP contribution in [0.1, 0.15) is 5.56 Å². The summed E-state index contributed by atoms with van der Waals surface area (Å²) in [5.74, 6) is -3.07. The van der Waals surface area contributed by atoms with Gasteiger partial charge in [0.25, 0.3) is 5.56 Å². The second-order valence-corrected chi connectivity index (χ2v) is 7.91. The van der Waals surface area contributed by atoms with Gasteiger partial charge in [-0.05, 0) is 48.9 Å². The number of aromatic nitrogens is 2. The molecule has 0 saturated carbocycles. The zero-order valence-corrected chi connectivity index (χ0v) is 17.6. The van der Waals surface area contributed by atoms with Crippen molar-refractivity contribution in [3.05, 3.63) is 94.0 Å². The minimum Gasteiger partial charge on any atom is -0.323 e.